The van der Waals surface area contributed by atoms with E-state index in [1.165, 1.54) is 0 Å². The maximum absolute atomic E-state index is 12.4. The molecule has 0 aliphatic rings. The highest BCUT2D eigenvalue weighted by Gasteiger charge is 2.16. The fraction of sp³-hybridized carbons (Fsp3) is 0.267. The summed E-state index contributed by atoms with van der Waals surface area (Å²) in [5.41, 5.74) is 2.52. The standard InChI is InChI=1S/C15H15N3O/c1-11-4-6-13(7-5-11)14(19)15-17-12(2)10-18(15)9-3-8-16/h4-7,10H,3,9H2,1-2H3. The lowest BCUT2D eigenvalue weighted by Gasteiger charge is -2.04. The lowest BCUT2D eigenvalue weighted by molar-refractivity contribution is 0.102. The second-order valence-electron chi connectivity index (χ2n) is 4.50. The number of aryl methyl sites for hydroxylation is 3. The van der Waals surface area contributed by atoms with Gasteiger partial charge in [0.05, 0.1) is 18.2 Å². The zero-order valence-corrected chi connectivity index (χ0v) is 11.1. The van der Waals surface area contributed by atoms with E-state index in [1.807, 2.05) is 26.0 Å². The molecule has 4 heteroatoms. The maximum atomic E-state index is 12.4. The summed E-state index contributed by atoms with van der Waals surface area (Å²) in [6.45, 7) is 4.31. The van der Waals surface area contributed by atoms with Crippen LogP contribution in [0.2, 0.25) is 0 Å². The molecule has 0 fully saturated rings. The maximum Gasteiger partial charge on any atom is 0.228 e. The molecule has 0 amide bonds. The summed E-state index contributed by atoms with van der Waals surface area (Å²) in [5, 5.41) is 8.64. The molecule has 0 saturated heterocycles. The van der Waals surface area contributed by atoms with Crippen molar-refractivity contribution in [3.63, 3.8) is 0 Å². The van der Waals surface area contributed by atoms with Crippen LogP contribution in [-0.4, -0.2) is 15.3 Å². The normalized spacial score (nSPS) is 10.2. The first-order chi connectivity index (χ1) is 9.11. The predicted octanol–water partition coefficient (Wildman–Crippen LogP) is 2.64. The van der Waals surface area contributed by atoms with Crippen molar-refractivity contribution >= 4 is 5.78 Å². The first-order valence-corrected chi connectivity index (χ1v) is 6.14. The van der Waals surface area contributed by atoms with E-state index < -0.39 is 0 Å². The van der Waals surface area contributed by atoms with E-state index in [9.17, 15) is 4.79 Å². The van der Waals surface area contributed by atoms with Crippen molar-refractivity contribution < 1.29 is 4.79 Å². The molecule has 0 atom stereocenters. The summed E-state index contributed by atoms with van der Waals surface area (Å²) in [4.78, 5) is 16.7. The molecule has 0 unspecified atom stereocenters. The SMILES string of the molecule is Cc1ccc(C(=O)c2nc(C)cn2CCC#N)cc1. The van der Waals surface area contributed by atoms with E-state index >= 15 is 0 Å². The Kier molecular flexibility index (Phi) is 3.76. The van der Waals surface area contributed by atoms with Gasteiger partial charge in [0.2, 0.25) is 5.78 Å². The Morgan fingerprint density at radius 1 is 1.32 bits per heavy atom. The lowest BCUT2D eigenvalue weighted by atomic mass is 10.1. The number of rotatable bonds is 4. The van der Waals surface area contributed by atoms with Gasteiger partial charge in [0.15, 0.2) is 5.82 Å². The minimum absolute atomic E-state index is 0.106. The van der Waals surface area contributed by atoms with E-state index in [2.05, 4.69) is 11.1 Å². The molecular weight excluding hydrogens is 238 g/mol. The number of ketones is 1. The molecule has 1 heterocycles. The molecule has 2 aromatic rings. The van der Waals surface area contributed by atoms with Crippen LogP contribution in [0.4, 0.5) is 0 Å². The van der Waals surface area contributed by atoms with Gasteiger partial charge < -0.3 is 4.57 Å². The number of hydrogen-bond donors (Lipinski definition) is 0. The molecular formula is C15H15N3O. The number of carbonyl (C=O) groups is 1. The third-order valence-corrected chi connectivity index (χ3v) is 2.88. The molecule has 0 bridgehead atoms. The van der Waals surface area contributed by atoms with Gasteiger partial charge in [-0.25, -0.2) is 4.98 Å². The summed E-state index contributed by atoms with van der Waals surface area (Å²) in [5.74, 6) is 0.294. The summed E-state index contributed by atoms with van der Waals surface area (Å²) in [7, 11) is 0. The van der Waals surface area contributed by atoms with Gasteiger partial charge in [0.25, 0.3) is 0 Å². The molecule has 1 aromatic carbocycles. The Morgan fingerprint density at radius 2 is 2.00 bits per heavy atom. The predicted molar refractivity (Wildman–Crippen MR) is 71.8 cm³/mol. The fourth-order valence-electron chi connectivity index (χ4n) is 1.90. The van der Waals surface area contributed by atoms with Crippen molar-refractivity contribution in [2.24, 2.45) is 0 Å². The Hall–Kier alpha value is -2.41. The first-order valence-electron chi connectivity index (χ1n) is 6.14. The van der Waals surface area contributed by atoms with Crippen LogP contribution >= 0.6 is 0 Å². The highest BCUT2D eigenvalue weighted by atomic mass is 16.1. The summed E-state index contributed by atoms with van der Waals surface area (Å²) in [6, 6.07) is 9.49. The van der Waals surface area contributed by atoms with Crippen LogP contribution in [0.5, 0.6) is 0 Å². The van der Waals surface area contributed by atoms with Gasteiger partial charge in [0, 0.05) is 18.3 Å². The number of aromatic nitrogens is 2. The Balaban J connectivity index is 2.33. The Morgan fingerprint density at radius 3 is 2.63 bits per heavy atom. The Labute approximate surface area is 112 Å². The minimum atomic E-state index is -0.106. The van der Waals surface area contributed by atoms with Gasteiger partial charge in [-0.1, -0.05) is 29.8 Å². The highest BCUT2D eigenvalue weighted by Crippen LogP contribution is 2.12. The van der Waals surface area contributed by atoms with Gasteiger partial charge >= 0.3 is 0 Å². The van der Waals surface area contributed by atoms with Gasteiger partial charge in [0.1, 0.15) is 0 Å². The average Bonchev–Trinajstić information content (AvgIpc) is 2.77. The number of benzene rings is 1. The van der Waals surface area contributed by atoms with Crippen LogP contribution < -0.4 is 0 Å². The molecule has 0 spiro atoms. The number of carbonyl (C=O) groups excluding carboxylic acids is 1. The molecule has 0 N–H and O–H groups in total. The third-order valence-electron chi connectivity index (χ3n) is 2.88. The van der Waals surface area contributed by atoms with Crippen LogP contribution in [0.3, 0.4) is 0 Å². The van der Waals surface area contributed by atoms with E-state index in [4.69, 9.17) is 5.26 Å². The van der Waals surface area contributed by atoms with Crippen molar-refractivity contribution in [1.29, 1.82) is 5.26 Å². The van der Waals surface area contributed by atoms with Crippen molar-refractivity contribution in [2.45, 2.75) is 26.8 Å². The van der Waals surface area contributed by atoms with Crippen LogP contribution in [-0.2, 0) is 6.54 Å². The monoisotopic (exact) mass is 253 g/mol. The molecule has 0 aliphatic heterocycles. The zero-order valence-electron chi connectivity index (χ0n) is 11.1. The van der Waals surface area contributed by atoms with Gasteiger partial charge in [-0.3, -0.25) is 4.79 Å². The average molecular weight is 253 g/mol. The van der Waals surface area contributed by atoms with E-state index in [-0.39, 0.29) is 5.78 Å². The van der Waals surface area contributed by atoms with Gasteiger partial charge in [-0.2, -0.15) is 5.26 Å². The number of hydrogen-bond acceptors (Lipinski definition) is 3. The minimum Gasteiger partial charge on any atom is -0.327 e. The van der Waals surface area contributed by atoms with Gasteiger partial charge in [-0.05, 0) is 13.8 Å². The molecule has 2 rings (SSSR count). The van der Waals surface area contributed by atoms with Crippen LogP contribution in [0.15, 0.2) is 30.5 Å². The largest absolute Gasteiger partial charge is 0.327 e. The van der Waals surface area contributed by atoms with Crippen LogP contribution in [0, 0.1) is 25.2 Å². The summed E-state index contributed by atoms with van der Waals surface area (Å²) < 4.78 is 1.75. The Bertz CT molecular complexity index is 632. The number of nitrogens with zero attached hydrogens (tertiary/aromatic N) is 3. The third kappa shape index (κ3) is 2.89. The highest BCUT2D eigenvalue weighted by molar-refractivity contribution is 6.06. The molecule has 0 radical (unpaired) electrons. The van der Waals surface area contributed by atoms with Crippen molar-refractivity contribution in [3.8, 4) is 6.07 Å². The number of nitriles is 1. The van der Waals surface area contributed by atoms with E-state index in [1.54, 1.807) is 22.9 Å². The van der Waals surface area contributed by atoms with Crippen LogP contribution in [0.1, 0.15) is 33.9 Å². The molecule has 0 aliphatic carbocycles. The fourth-order valence-corrected chi connectivity index (χ4v) is 1.90. The summed E-state index contributed by atoms with van der Waals surface area (Å²) in [6.07, 6.45) is 2.17. The molecule has 4 nitrogen and oxygen atoms in total. The number of imidazole rings is 1. The van der Waals surface area contributed by atoms with E-state index in [0.29, 0.717) is 24.4 Å². The second kappa shape index (κ2) is 5.49. The first kappa shape index (κ1) is 13.0. The zero-order chi connectivity index (χ0) is 13.8. The van der Waals surface area contributed by atoms with Crippen molar-refractivity contribution in [3.05, 3.63) is 53.1 Å². The molecule has 96 valence electrons. The topological polar surface area (TPSA) is 58.7 Å². The van der Waals surface area contributed by atoms with Crippen LogP contribution in [0.25, 0.3) is 0 Å². The second-order valence-corrected chi connectivity index (χ2v) is 4.50. The lowest BCUT2D eigenvalue weighted by Crippen LogP contribution is -2.11. The van der Waals surface area contributed by atoms with Crippen molar-refractivity contribution in [2.75, 3.05) is 0 Å². The quantitative estimate of drug-likeness (QED) is 0.787. The summed E-state index contributed by atoms with van der Waals surface area (Å²) >= 11 is 0. The molecule has 1 aromatic heterocycles. The molecule has 19 heavy (non-hydrogen) atoms. The molecule has 0 saturated carbocycles. The smallest absolute Gasteiger partial charge is 0.228 e. The van der Waals surface area contributed by atoms with Crippen molar-refractivity contribution in [1.82, 2.24) is 9.55 Å². The van der Waals surface area contributed by atoms with E-state index in [0.717, 1.165) is 11.3 Å². The van der Waals surface area contributed by atoms with Gasteiger partial charge in [-0.15, -0.1) is 0 Å².